The lowest BCUT2D eigenvalue weighted by Crippen LogP contribution is -2.16. The first kappa shape index (κ1) is 24.3. The molecule has 13 heteroatoms. The number of hydrogen-bond acceptors (Lipinski definition) is 10. The van der Waals surface area contributed by atoms with E-state index in [1.165, 1.54) is 36.4 Å². The fraction of sp³-hybridized carbons (Fsp3) is 0. The van der Waals surface area contributed by atoms with Gasteiger partial charge in [-0.1, -0.05) is 30.4 Å². The zero-order valence-corrected chi connectivity index (χ0v) is 19.3. The van der Waals surface area contributed by atoms with Gasteiger partial charge in [-0.3, -0.25) is 9.54 Å². The second-order valence-corrected chi connectivity index (χ2v) is 9.00. The molecule has 0 saturated carbocycles. The normalized spacial score (nSPS) is 11.5. The van der Waals surface area contributed by atoms with Gasteiger partial charge < -0.3 is 27.2 Å². The van der Waals surface area contributed by atoms with E-state index in [2.05, 4.69) is 25.6 Å². The lowest BCUT2D eigenvalue weighted by molar-refractivity contribution is 0.476. The Bertz CT molecular complexity index is 1600. The summed E-state index contributed by atoms with van der Waals surface area (Å²) in [7, 11) is -4.58. The third-order valence-electron chi connectivity index (χ3n) is 4.81. The van der Waals surface area contributed by atoms with Gasteiger partial charge in [-0.05, 0) is 41.5 Å². The molecule has 3 aromatic carbocycles. The lowest BCUT2D eigenvalue weighted by Gasteiger charge is -2.09. The molecule has 0 fully saturated rings. The Labute approximate surface area is 205 Å². The summed E-state index contributed by atoms with van der Waals surface area (Å²) in [5.41, 5.74) is 13.5. The van der Waals surface area contributed by atoms with Crippen LogP contribution >= 0.6 is 0 Å². The molecule has 4 rings (SSSR count). The van der Waals surface area contributed by atoms with Crippen LogP contribution in [0.4, 0.5) is 34.6 Å². The van der Waals surface area contributed by atoms with Crippen molar-refractivity contribution in [2.24, 2.45) is 0 Å². The number of phenolic OH excluding ortho intramolecular Hbond substituents is 1. The fourth-order valence-electron chi connectivity index (χ4n) is 3.30. The SMILES string of the molecule is Nc1cc(O)cc(Nc2ccc(C=Cc3ccc(Nc4nc(N)[nH]c(=O)n4)cc3S(=O)(=O)O)cc2)c1. The predicted molar refractivity (Wildman–Crippen MR) is 138 cm³/mol. The molecular weight excluding hydrogens is 486 g/mol. The number of aromatic amines is 1. The third kappa shape index (κ3) is 6.16. The number of phenols is 1. The Hall–Kier alpha value is -4.88. The zero-order valence-electron chi connectivity index (χ0n) is 18.5. The van der Waals surface area contributed by atoms with Gasteiger partial charge in [0.05, 0.1) is 0 Å². The van der Waals surface area contributed by atoms with Crippen molar-refractivity contribution in [2.45, 2.75) is 4.90 Å². The Morgan fingerprint density at radius 3 is 2.25 bits per heavy atom. The number of nitrogens with two attached hydrogens (primary N) is 2. The molecule has 1 aromatic heterocycles. The van der Waals surface area contributed by atoms with Crippen molar-refractivity contribution in [3.8, 4) is 5.75 Å². The van der Waals surface area contributed by atoms with Crippen molar-refractivity contribution in [3.63, 3.8) is 0 Å². The summed E-state index contributed by atoms with van der Waals surface area (Å²) in [6.45, 7) is 0. The van der Waals surface area contributed by atoms with Gasteiger partial charge in [-0.25, -0.2) is 4.79 Å². The van der Waals surface area contributed by atoms with Crippen LogP contribution in [0, 0.1) is 0 Å². The largest absolute Gasteiger partial charge is 0.508 e. The van der Waals surface area contributed by atoms with Crippen molar-refractivity contribution in [1.82, 2.24) is 15.0 Å². The summed E-state index contributed by atoms with van der Waals surface area (Å²) >= 11 is 0. The van der Waals surface area contributed by atoms with Crippen LogP contribution in [0.5, 0.6) is 5.75 Å². The van der Waals surface area contributed by atoms with Crippen LogP contribution in [0.2, 0.25) is 0 Å². The predicted octanol–water partition coefficient (Wildman–Crippen LogP) is 2.94. The van der Waals surface area contributed by atoms with E-state index >= 15 is 0 Å². The highest BCUT2D eigenvalue weighted by atomic mass is 32.2. The number of aromatic nitrogens is 3. The number of anilines is 6. The van der Waals surface area contributed by atoms with E-state index < -0.39 is 15.8 Å². The Morgan fingerprint density at radius 1 is 0.861 bits per heavy atom. The summed E-state index contributed by atoms with van der Waals surface area (Å²) in [5.74, 6) is -0.260. The topological polar surface area (TPSA) is 209 Å². The smallest absolute Gasteiger partial charge is 0.350 e. The maximum atomic E-state index is 12.0. The molecule has 0 spiro atoms. The average Bonchev–Trinajstić information content (AvgIpc) is 2.77. The molecule has 184 valence electrons. The van der Waals surface area contributed by atoms with Crippen LogP contribution in [0.1, 0.15) is 11.1 Å². The molecule has 9 N–H and O–H groups in total. The first-order valence-corrected chi connectivity index (χ1v) is 11.8. The highest BCUT2D eigenvalue weighted by Gasteiger charge is 2.15. The summed E-state index contributed by atoms with van der Waals surface area (Å²) < 4.78 is 33.7. The second-order valence-electron chi connectivity index (χ2n) is 7.61. The average molecular weight is 508 g/mol. The summed E-state index contributed by atoms with van der Waals surface area (Å²) in [4.78, 5) is 20.7. The minimum absolute atomic E-state index is 0.0435. The van der Waals surface area contributed by atoms with E-state index in [0.29, 0.717) is 11.4 Å². The van der Waals surface area contributed by atoms with Gasteiger partial charge in [-0.2, -0.15) is 18.4 Å². The standard InChI is InChI=1S/C23H21N7O5S/c24-15-9-18(11-19(31)10-15)26-16-6-2-13(3-7-16)1-4-14-5-8-17(12-20(14)36(33,34)35)27-22-28-21(25)29-23(32)30-22/h1-12,26,31H,24H2,(H,33,34,35)(H4,25,27,28,29,30,32). The zero-order chi connectivity index (χ0) is 25.9. The summed E-state index contributed by atoms with van der Waals surface area (Å²) in [5, 5.41) is 15.5. The molecule has 0 atom stereocenters. The Balaban J connectivity index is 1.54. The molecule has 0 aliphatic heterocycles. The van der Waals surface area contributed by atoms with E-state index in [9.17, 15) is 22.9 Å². The molecule has 0 saturated heterocycles. The maximum absolute atomic E-state index is 12.0. The van der Waals surface area contributed by atoms with Crippen molar-refractivity contribution in [1.29, 1.82) is 0 Å². The molecule has 0 radical (unpaired) electrons. The van der Waals surface area contributed by atoms with E-state index in [-0.39, 0.29) is 33.8 Å². The number of aromatic hydroxyl groups is 1. The van der Waals surface area contributed by atoms with Gasteiger partial charge in [0, 0.05) is 34.9 Å². The third-order valence-corrected chi connectivity index (χ3v) is 5.72. The number of nitrogens with one attached hydrogen (secondary N) is 3. The van der Waals surface area contributed by atoms with Crippen LogP contribution < -0.4 is 27.8 Å². The Kier molecular flexibility index (Phi) is 6.58. The van der Waals surface area contributed by atoms with Gasteiger partial charge >= 0.3 is 5.69 Å². The first-order chi connectivity index (χ1) is 17.0. The number of nitrogens with zero attached hydrogens (tertiary/aromatic N) is 2. The van der Waals surface area contributed by atoms with Crippen molar-refractivity contribution in [2.75, 3.05) is 22.1 Å². The minimum atomic E-state index is -4.58. The molecule has 0 bridgehead atoms. The van der Waals surface area contributed by atoms with Crippen LogP contribution in [-0.2, 0) is 10.1 Å². The van der Waals surface area contributed by atoms with E-state index in [1.807, 2.05) is 0 Å². The molecule has 36 heavy (non-hydrogen) atoms. The molecule has 12 nitrogen and oxygen atoms in total. The van der Waals surface area contributed by atoms with Crippen LogP contribution in [-0.4, -0.2) is 33.0 Å². The molecule has 0 amide bonds. The van der Waals surface area contributed by atoms with Gasteiger partial charge in [0.15, 0.2) is 0 Å². The van der Waals surface area contributed by atoms with Gasteiger partial charge in [0.25, 0.3) is 10.1 Å². The molecule has 0 unspecified atom stereocenters. The highest BCUT2D eigenvalue weighted by molar-refractivity contribution is 7.86. The summed E-state index contributed by atoms with van der Waals surface area (Å²) in [6, 6.07) is 16.0. The maximum Gasteiger partial charge on any atom is 0.350 e. The van der Waals surface area contributed by atoms with E-state index in [1.54, 1.807) is 36.4 Å². The quantitative estimate of drug-likeness (QED) is 0.110. The monoisotopic (exact) mass is 507 g/mol. The second kappa shape index (κ2) is 9.77. The van der Waals surface area contributed by atoms with Crippen LogP contribution in [0.3, 0.4) is 0 Å². The van der Waals surface area contributed by atoms with Gasteiger partial charge in [-0.15, -0.1) is 0 Å². The van der Waals surface area contributed by atoms with E-state index in [0.717, 1.165) is 11.3 Å². The number of nitrogen functional groups attached to an aromatic ring is 2. The molecular formula is C23H21N7O5S. The van der Waals surface area contributed by atoms with Crippen molar-refractivity contribution in [3.05, 3.63) is 82.3 Å². The number of H-pyrrole nitrogens is 1. The van der Waals surface area contributed by atoms with E-state index in [4.69, 9.17) is 11.5 Å². The fourth-order valence-corrected chi connectivity index (χ4v) is 4.01. The van der Waals surface area contributed by atoms with Crippen LogP contribution in [0.25, 0.3) is 12.2 Å². The highest BCUT2D eigenvalue weighted by Crippen LogP contribution is 2.26. The molecule has 0 aliphatic carbocycles. The van der Waals surface area contributed by atoms with Crippen LogP contribution in [0.15, 0.2) is 70.4 Å². The molecule has 4 aromatic rings. The number of hydrogen-bond donors (Lipinski definition) is 7. The summed E-state index contributed by atoms with van der Waals surface area (Å²) in [6.07, 6.45) is 3.21. The van der Waals surface area contributed by atoms with Crippen molar-refractivity contribution >= 4 is 56.9 Å². The van der Waals surface area contributed by atoms with Crippen molar-refractivity contribution < 1.29 is 18.1 Å². The lowest BCUT2D eigenvalue weighted by atomic mass is 10.1. The number of benzene rings is 3. The number of rotatable bonds is 7. The first-order valence-electron chi connectivity index (χ1n) is 10.3. The van der Waals surface area contributed by atoms with Gasteiger partial charge in [0.2, 0.25) is 11.9 Å². The van der Waals surface area contributed by atoms with Gasteiger partial charge in [0.1, 0.15) is 10.6 Å². The molecule has 0 aliphatic rings. The Morgan fingerprint density at radius 2 is 1.58 bits per heavy atom. The molecule has 1 heterocycles. The minimum Gasteiger partial charge on any atom is -0.508 e.